The van der Waals surface area contributed by atoms with Gasteiger partial charge >= 0.3 is 0 Å². The number of thiazole rings is 1. The van der Waals surface area contributed by atoms with Crippen LogP contribution in [0.2, 0.25) is 0 Å². The largest absolute Gasteiger partial charge is 0.378 e. The van der Waals surface area contributed by atoms with Crippen molar-refractivity contribution in [3.63, 3.8) is 0 Å². The van der Waals surface area contributed by atoms with Gasteiger partial charge in [-0.05, 0) is 40.5 Å². The maximum absolute atomic E-state index is 12.9. The fourth-order valence-corrected chi connectivity index (χ4v) is 5.00. The summed E-state index contributed by atoms with van der Waals surface area (Å²) in [5, 5.41) is 0.944. The van der Waals surface area contributed by atoms with Crippen LogP contribution >= 0.6 is 11.3 Å². The number of likely N-dealkylation sites (tertiary alicyclic amines) is 1. The van der Waals surface area contributed by atoms with Crippen LogP contribution in [0.3, 0.4) is 0 Å². The third-order valence-corrected chi connectivity index (χ3v) is 7.00. The van der Waals surface area contributed by atoms with Gasteiger partial charge in [-0.3, -0.25) is 4.79 Å². The lowest BCUT2D eigenvalue weighted by Gasteiger charge is -2.33. The molecule has 29 heavy (non-hydrogen) atoms. The fraction of sp³-hybridized carbons (Fsp3) is 0.619. The summed E-state index contributed by atoms with van der Waals surface area (Å²) in [6.07, 6.45) is 1.79. The van der Waals surface area contributed by atoms with E-state index < -0.39 is 0 Å². The van der Waals surface area contributed by atoms with Crippen LogP contribution < -0.4 is 4.90 Å². The van der Waals surface area contributed by atoms with Crippen LogP contribution in [0.5, 0.6) is 0 Å². The molecule has 0 radical (unpaired) electrons. The van der Waals surface area contributed by atoms with E-state index in [2.05, 4.69) is 23.7 Å². The predicted octanol–water partition coefficient (Wildman–Crippen LogP) is 3.02. The molecule has 0 N–H and O–H groups in total. The van der Waals surface area contributed by atoms with E-state index in [0.29, 0.717) is 5.92 Å². The van der Waals surface area contributed by atoms with Crippen LogP contribution in [0.4, 0.5) is 5.82 Å². The number of hydrogen-bond acceptors (Lipinski definition) is 7. The molecule has 0 unspecified atom stereocenters. The van der Waals surface area contributed by atoms with Crippen LogP contribution in [0, 0.1) is 27.7 Å². The molecule has 8 heteroatoms. The quantitative estimate of drug-likeness (QED) is 0.767. The molecule has 156 valence electrons. The summed E-state index contributed by atoms with van der Waals surface area (Å²) in [5.41, 5.74) is 3.04. The summed E-state index contributed by atoms with van der Waals surface area (Å²) in [5.74, 6) is 2.38. The van der Waals surface area contributed by atoms with Gasteiger partial charge in [-0.15, -0.1) is 11.3 Å². The highest BCUT2D eigenvalue weighted by Gasteiger charge is 2.29. The summed E-state index contributed by atoms with van der Waals surface area (Å²) in [6.45, 7) is 12.7. The summed E-state index contributed by atoms with van der Waals surface area (Å²) >= 11 is 1.49. The molecule has 0 aliphatic carbocycles. The second-order valence-corrected chi connectivity index (χ2v) is 9.13. The Hall–Kier alpha value is -2.06. The summed E-state index contributed by atoms with van der Waals surface area (Å²) < 4.78 is 5.49. The molecule has 7 nitrogen and oxygen atoms in total. The van der Waals surface area contributed by atoms with E-state index in [4.69, 9.17) is 14.7 Å². The van der Waals surface area contributed by atoms with Crippen LogP contribution in [-0.4, -0.2) is 65.2 Å². The van der Waals surface area contributed by atoms with Crippen molar-refractivity contribution in [2.24, 2.45) is 0 Å². The zero-order valence-electron chi connectivity index (χ0n) is 17.7. The highest BCUT2D eigenvalue weighted by molar-refractivity contribution is 7.13. The van der Waals surface area contributed by atoms with Crippen molar-refractivity contribution in [3.8, 4) is 0 Å². The van der Waals surface area contributed by atoms with Gasteiger partial charge in [0.2, 0.25) is 0 Å². The van der Waals surface area contributed by atoms with Crippen molar-refractivity contribution in [2.45, 2.75) is 46.5 Å². The lowest BCUT2D eigenvalue weighted by atomic mass is 9.95. The van der Waals surface area contributed by atoms with Crippen molar-refractivity contribution in [1.29, 1.82) is 0 Å². The molecular formula is C21H29N5O2S. The van der Waals surface area contributed by atoms with Gasteiger partial charge in [0.25, 0.3) is 5.91 Å². The zero-order valence-corrected chi connectivity index (χ0v) is 18.5. The summed E-state index contributed by atoms with van der Waals surface area (Å²) in [7, 11) is 0. The molecule has 2 saturated heterocycles. The Morgan fingerprint density at radius 1 is 0.966 bits per heavy atom. The minimum absolute atomic E-state index is 0.113. The Bertz CT molecular complexity index is 899. The van der Waals surface area contributed by atoms with E-state index in [1.807, 2.05) is 18.7 Å². The lowest BCUT2D eigenvalue weighted by molar-refractivity contribution is 0.0715. The van der Waals surface area contributed by atoms with Crippen LogP contribution in [0.15, 0.2) is 0 Å². The number of carbonyl (C=O) groups excluding carboxylic acids is 1. The lowest BCUT2D eigenvalue weighted by Crippen LogP contribution is -2.39. The minimum Gasteiger partial charge on any atom is -0.378 e. The SMILES string of the molecule is Cc1nc(C)c(C(=O)N2CCC(c3nc(C)c(C)c(N4CCOCC4)n3)CC2)s1. The first-order chi connectivity index (χ1) is 13.9. The number of anilines is 1. The van der Waals surface area contributed by atoms with Crippen molar-refractivity contribution in [1.82, 2.24) is 19.9 Å². The topological polar surface area (TPSA) is 71.5 Å². The van der Waals surface area contributed by atoms with E-state index in [9.17, 15) is 4.79 Å². The Kier molecular flexibility index (Phi) is 5.83. The molecule has 2 aliphatic rings. The number of carbonyl (C=O) groups is 1. The second-order valence-electron chi connectivity index (χ2n) is 7.93. The Labute approximate surface area is 176 Å². The molecule has 4 rings (SSSR count). The molecule has 1 amide bonds. The van der Waals surface area contributed by atoms with Gasteiger partial charge in [0.15, 0.2) is 0 Å². The molecule has 2 fully saturated rings. The third kappa shape index (κ3) is 4.14. The van der Waals surface area contributed by atoms with Crippen molar-refractivity contribution in [2.75, 3.05) is 44.3 Å². The molecule has 0 aromatic carbocycles. The maximum Gasteiger partial charge on any atom is 0.265 e. The number of hydrogen-bond donors (Lipinski definition) is 0. The van der Waals surface area contributed by atoms with Crippen molar-refractivity contribution < 1.29 is 9.53 Å². The first-order valence-corrected chi connectivity index (χ1v) is 11.2. The average molecular weight is 416 g/mol. The highest BCUT2D eigenvalue weighted by Crippen LogP contribution is 2.31. The molecule has 0 spiro atoms. The van der Waals surface area contributed by atoms with Gasteiger partial charge in [0.05, 0.1) is 23.9 Å². The molecule has 4 heterocycles. The zero-order chi connectivity index (χ0) is 20.5. The third-order valence-electron chi connectivity index (χ3n) is 5.94. The molecular weight excluding hydrogens is 386 g/mol. The summed E-state index contributed by atoms with van der Waals surface area (Å²) in [6, 6.07) is 0. The van der Waals surface area contributed by atoms with Crippen LogP contribution in [-0.2, 0) is 4.74 Å². The number of morpholine rings is 1. The van der Waals surface area contributed by atoms with Gasteiger partial charge in [-0.25, -0.2) is 15.0 Å². The van der Waals surface area contributed by atoms with Crippen LogP contribution in [0.1, 0.15) is 56.2 Å². The van der Waals surface area contributed by atoms with Gasteiger partial charge in [0, 0.05) is 43.4 Å². The molecule has 0 atom stereocenters. The summed E-state index contributed by atoms with van der Waals surface area (Å²) in [4.78, 5) is 32.1. The van der Waals surface area contributed by atoms with Crippen molar-refractivity contribution >= 4 is 23.1 Å². The fourth-order valence-electron chi connectivity index (χ4n) is 4.11. The van der Waals surface area contributed by atoms with E-state index in [1.54, 1.807) is 0 Å². The number of aromatic nitrogens is 3. The van der Waals surface area contributed by atoms with Crippen LogP contribution in [0.25, 0.3) is 0 Å². The second kappa shape index (κ2) is 8.36. The molecule has 0 bridgehead atoms. The molecule has 0 saturated carbocycles. The minimum atomic E-state index is 0.113. The molecule has 2 aromatic heterocycles. The Balaban J connectivity index is 1.47. The van der Waals surface area contributed by atoms with E-state index in [-0.39, 0.29) is 5.91 Å². The predicted molar refractivity (Wildman–Crippen MR) is 114 cm³/mol. The number of amides is 1. The number of rotatable bonds is 3. The number of nitrogens with zero attached hydrogens (tertiary/aromatic N) is 5. The number of ether oxygens (including phenoxy) is 1. The van der Waals surface area contributed by atoms with Gasteiger partial charge < -0.3 is 14.5 Å². The van der Waals surface area contributed by atoms with Gasteiger partial charge in [0.1, 0.15) is 16.5 Å². The molecule has 2 aliphatic heterocycles. The number of aryl methyl sites for hydroxylation is 3. The monoisotopic (exact) mass is 415 g/mol. The highest BCUT2D eigenvalue weighted by atomic mass is 32.1. The van der Waals surface area contributed by atoms with Crippen molar-refractivity contribution in [3.05, 3.63) is 32.7 Å². The number of piperidine rings is 1. The van der Waals surface area contributed by atoms with Gasteiger partial charge in [-0.2, -0.15) is 0 Å². The normalized spacial score (nSPS) is 18.3. The smallest absolute Gasteiger partial charge is 0.265 e. The Morgan fingerprint density at radius 3 is 2.28 bits per heavy atom. The van der Waals surface area contributed by atoms with E-state index >= 15 is 0 Å². The molecule has 2 aromatic rings. The first-order valence-electron chi connectivity index (χ1n) is 10.3. The standard InChI is InChI=1S/C21H29N5O2S/c1-13-14(2)23-19(24-20(13)25-9-11-28-12-10-25)17-5-7-26(8-6-17)21(27)18-15(3)22-16(4)29-18/h17H,5-12H2,1-4H3. The maximum atomic E-state index is 12.9. The first kappa shape index (κ1) is 20.2. The van der Waals surface area contributed by atoms with E-state index in [1.165, 1.54) is 11.3 Å². The average Bonchev–Trinajstić information content (AvgIpc) is 3.08. The van der Waals surface area contributed by atoms with E-state index in [0.717, 1.165) is 90.7 Å². The van der Waals surface area contributed by atoms with Gasteiger partial charge in [-0.1, -0.05) is 0 Å². The Morgan fingerprint density at radius 2 is 1.66 bits per heavy atom.